The molecule has 0 radical (unpaired) electrons. The molecule has 0 aliphatic rings. The molecule has 130 valence electrons. The summed E-state index contributed by atoms with van der Waals surface area (Å²) < 4.78 is 0. The number of benzene rings is 2. The molecule has 3 aromatic rings. The largest absolute Gasteiger partial charge is 0.271 e. The van der Waals surface area contributed by atoms with Gasteiger partial charge in [0.2, 0.25) is 0 Å². The number of carbonyl (C=O) groups is 1. The molecule has 1 N–H and O–H groups in total. The van der Waals surface area contributed by atoms with Gasteiger partial charge in [0.1, 0.15) is 5.15 Å². The molecule has 0 aliphatic heterocycles. The fraction of sp³-hybridized carbons (Fsp3) is 0. The van der Waals surface area contributed by atoms with Crippen molar-refractivity contribution < 1.29 is 9.72 Å². The van der Waals surface area contributed by atoms with E-state index >= 15 is 0 Å². The number of aromatic nitrogens is 1. The van der Waals surface area contributed by atoms with E-state index in [9.17, 15) is 14.9 Å². The molecule has 0 aliphatic carbocycles. The van der Waals surface area contributed by atoms with Crippen molar-refractivity contribution in [2.45, 2.75) is 0 Å². The van der Waals surface area contributed by atoms with Crippen LogP contribution in [-0.2, 0) is 0 Å². The quantitative estimate of drug-likeness (QED) is 0.313. The molecule has 1 amide bonds. The average Bonchev–Trinajstić information content (AvgIpc) is 2.62. The number of hydrogen-bond donors (Lipinski definition) is 1. The lowest BCUT2D eigenvalue weighted by Gasteiger charge is -2.03. The third kappa shape index (κ3) is 3.96. The average molecular weight is 389 g/mol. The Morgan fingerprint density at radius 3 is 2.58 bits per heavy atom. The SMILES string of the molecule is O=C(N/N=C\c1cc2ccc([N+](=O)[O-])cc2nc1Cl)c1ccc(Cl)cc1. The van der Waals surface area contributed by atoms with Crippen molar-refractivity contribution >= 4 is 51.9 Å². The molecule has 26 heavy (non-hydrogen) atoms. The molecule has 0 saturated heterocycles. The standard InChI is InChI=1S/C17H10Cl2N4O3/c18-13-4-1-10(2-5-13)17(24)22-20-9-12-7-11-3-6-14(23(25)26)8-15(11)21-16(12)19/h1-9H,(H,22,24)/b20-9-. The summed E-state index contributed by atoms with van der Waals surface area (Å²) in [6.45, 7) is 0. The molecule has 1 heterocycles. The summed E-state index contributed by atoms with van der Waals surface area (Å²) in [5, 5.41) is 16.0. The van der Waals surface area contributed by atoms with Crippen LogP contribution < -0.4 is 5.43 Å². The monoisotopic (exact) mass is 388 g/mol. The number of nitrogens with one attached hydrogen (secondary N) is 1. The van der Waals surface area contributed by atoms with Crippen LogP contribution in [0.5, 0.6) is 0 Å². The molecule has 0 bridgehead atoms. The Bertz CT molecular complexity index is 1040. The van der Waals surface area contributed by atoms with Crippen molar-refractivity contribution in [3.8, 4) is 0 Å². The van der Waals surface area contributed by atoms with Crippen molar-refractivity contribution in [1.82, 2.24) is 10.4 Å². The van der Waals surface area contributed by atoms with E-state index in [2.05, 4.69) is 15.5 Å². The van der Waals surface area contributed by atoms with E-state index in [-0.39, 0.29) is 10.8 Å². The topological polar surface area (TPSA) is 97.5 Å². The third-order valence-corrected chi connectivity index (χ3v) is 4.02. The van der Waals surface area contributed by atoms with Crippen LogP contribution in [-0.4, -0.2) is 22.0 Å². The van der Waals surface area contributed by atoms with Gasteiger partial charge in [0.05, 0.1) is 16.7 Å². The highest BCUT2D eigenvalue weighted by Gasteiger charge is 2.10. The molecule has 0 unspecified atom stereocenters. The van der Waals surface area contributed by atoms with Crippen molar-refractivity contribution in [3.05, 3.63) is 79.9 Å². The van der Waals surface area contributed by atoms with E-state index in [0.717, 1.165) is 0 Å². The molecule has 0 atom stereocenters. The highest BCUT2D eigenvalue weighted by atomic mass is 35.5. The van der Waals surface area contributed by atoms with Gasteiger partial charge in [-0.1, -0.05) is 23.2 Å². The first kappa shape index (κ1) is 17.8. The van der Waals surface area contributed by atoms with Gasteiger partial charge < -0.3 is 0 Å². The van der Waals surface area contributed by atoms with Gasteiger partial charge in [0, 0.05) is 33.7 Å². The summed E-state index contributed by atoms with van der Waals surface area (Å²) in [6.07, 6.45) is 1.35. The number of hydrazone groups is 1. The minimum atomic E-state index is -0.503. The minimum absolute atomic E-state index is 0.0716. The van der Waals surface area contributed by atoms with Gasteiger partial charge in [-0.3, -0.25) is 14.9 Å². The van der Waals surface area contributed by atoms with Gasteiger partial charge in [-0.25, -0.2) is 10.4 Å². The van der Waals surface area contributed by atoms with Gasteiger partial charge in [-0.15, -0.1) is 0 Å². The molecule has 3 rings (SSSR count). The fourth-order valence-electron chi connectivity index (χ4n) is 2.18. The predicted octanol–water partition coefficient (Wildman–Crippen LogP) is 4.21. The van der Waals surface area contributed by atoms with E-state index in [1.54, 1.807) is 36.4 Å². The predicted molar refractivity (Wildman–Crippen MR) is 99.9 cm³/mol. The van der Waals surface area contributed by atoms with Crippen LogP contribution in [0, 0.1) is 10.1 Å². The Kier molecular flexibility index (Phi) is 5.11. The molecule has 1 aromatic heterocycles. The summed E-state index contributed by atoms with van der Waals surface area (Å²) in [4.78, 5) is 26.4. The molecule has 0 saturated carbocycles. The van der Waals surface area contributed by atoms with Crippen molar-refractivity contribution in [1.29, 1.82) is 0 Å². The number of nitrogens with zero attached hydrogens (tertiary/aromatic N) is 3. The molecular formula is C17H10Cl2N4O3. The van der Waals surface area contributed by atoms with Crippen molar-refractivity contribution in [2.75, 3.05) is 0 Å². The molecule has 2 aromatic carbocycles. The van der Waals surface area contributed by atoms with Crippen molar-refractivity contribution in [2.24, 2.45) is 5.10 Å². The Balaban J connectivity index is 1.79. The Labute approximate surface area is 157 Å². The molecule has 0 spiro atoms. The molecule has 0 fully saturated rings. The summed E-state index contributed by atoms with van der Waals surface area (Å²) in [5.74, 6) is -0.404. The van der Waals surface area contributed by atoms with Crippen LogP contribution in [0.2, 0.25) is 10.2 Å². The maximum absolute atomic E-state index is 12.0. The maximum atomic E-state index is 12.0. The summed E-state index contributed by atoms with van der Waals surface area (Å²) in [5.41, 5.74) is 3.57. The number of nitro benzene ring substituents is 1. The fourth-order valence-corrected chi connectivity index (χ4v) is 2.50. The number of halogens is 2. The lowest BCUT2D eigenvalue weighted by Crippen LogP contribution is -2.17. The zero-order valence-corrected chi connectivity index (χ0v) is 14.5. The van der Waals surface area contributed by atoms with Gasteiger partial charge in [-0.05, 0) is 36.4 Å². The normalized spacial score (nSPS) is 11.0. The number of pyridine rings is 1. The highest BCUT2D eigenvalue weighted by Crippen LogP contribution is 2.23. The third-order valence-electron chi connectivity index (χ3n) is 3.47. The van der Waals surface area contributed by atoms with Crippen molar-refractivity contribution in [3.63, 3.8) is 0 Å². The van der Waals surface area contributed by atoms with Crippen LogP contribution in [0.4, 0.5) is 5.69 Å². The van der Waals surface area contributed by atoms with E-state index in [0.29, 0.717) is 27.1 Å². The lowest BCUT2D eigenvalue weighted by molar-refractivity contribution is -0.384. The zero-order valence-electron chi connectivity index (χ0n) is 13.0. The minimum Gasteiger partial charge on any atom is -0.267 e. The van der Waals surface area contributed by atoms with Crippen LogP contribution in [0.25, 0.3) is 10.9 Å². The van der Waals surface area contributed by atoms with Gasteiger partial charge in [0.15, 0.2) is 0 Å². The second kappa shape index (κ2) is 7.47. The molecular weight excluding hydrogens is 379 g/mol. The van der Waals surface area contributed by atoms with E-state index in [1.165, 1.54) is 18.3 Å². The maximum Gasteiger partial charge on any atom is 0.271 e. The smallest absolute Gasteiger partial charge is 0.267 e. The first-order valence-electron chi connectivity index (χ1n) is 7.28. The zero-order chi connectivity index (χ0) is 18.7. The molecule has 9 heteroatoms. The number of non-ortho nitro benzene ring substituents is 1. The van der Waals surface area contributed by atoms with Gasteiger partial charge in [0.25, 0.3) is 11.6 Å². The number of rotatable bonds is 4. The summed E-state index contributed by atoms with van der Waals surface area (Å²) in [6, 6.07) is 12.3. The number of nitro groups is 1. The van der Waals surface area contributed by atoms with Gasteiger partial charge >= 0.3 is 0 Å². The number of amides is 1. The van der Waals surface area contributed by atoms with Gasteiger partial charge in [-0.2, -0.15) is 5.10 Å². The van der Waals surface area contributed by atoms with E-state index < -0.39 is 10.8 Å². The van der Waals surface area contributed by atoms with Crippen LogP contribution in [0.3, 0.4) is 0 Å². The second-order valence-electron chi connectivity index (χ2n) is 5.21. The molecule has 7 nitrogen and oxygen atoms in total. The number of carbonyl (C=O) groups excluding carboxylic acids is 1. The Hall–Kier alpha value is -3.03. The second-order valence-corrected chi connectivity index (χ2v) is 6.00. The highest BCUT2D eigenvalue weighted by molar-refractivity contribution is 6.32. The summed E-state index contributed by atoms with van der Waals surface area (Å²) in [7, 11) is 0. The number of fused-ring (bicyclic) bond motifs is 1. The van der Waals surface area contributed by atoms with E-state index in [1.807, 2.05) is 0 Å². The first-order chi connectivity index (χ1) is 12.4. The first-order valence-corrected chi connectivity index (χ1v) is 8.03. The Morgan fingerprint density at radius 1 is 1.15 bits per heavy atom. The lowest BCUT2D eigenvalue weighted by atomic mass is 10.1. The van der Waals surface area contributed by atoms with Crippen LogP contribution >= 0.6 is 23.2 Å². The van der Waals surface area contributed by atoms with E-state index in [4.69, 9.17) is 23.2 Å². The summed E-state index contributed by atoms with van der Waals surface area (Å²) >= 11 is 11.9. The van der Waals surface area contributed by atoms with Crippen LogP contribution in [0.1, 0.15) is 15.9 Å². The Morgan fingerprint density at radius 2 is 1.88 bits per heavy atom. The number of hydrogen-bond acceptors (Lipinski definition) is 5. The van der Waals surface area contributed by atoms with Crippen LogP contribution in [0.15, 0.2) is 53.6 Å².